The van der Waals surface area contributed by atoms with Crippen molar-refractivity contribution in [3.63, 3.8) is 0 Å². The molecular weight excluding hydrogens is 392 g/mol. The maximum absolute atomic E-state index is 12.3. The number of hydrazone groups is 1. The van der Waals surface area contributed by atoms with Gasteiger partial charge in [-0.05, 0) is 74.1 Å². The number of carbonyl (C=O) groups is 1. The van der Waals surface area contributed by atoms with Crippen LogP contribution in [0.15, 0.2) is 58.1 Å². The van der Waals surface area contributed by atoms with E-state index >= 15 is 0 Å². The highest BCUT2D eigenvalue weighted by molar-refractivity contribution is 9.10. The number of hydrogen-bond donors (Lipinski definition) is 1. The van der Waals surface area contributed by atoms with E-state index in [1.165, 1.54) is 12.8 Å². The Hall–Kier alpha value is -2.14. The van der Waals surface area contributed by atoms with Crippen molar-refractivity contribution in [1.82, 2.24) is 5.43 Å². The Morgan fingerprint density at radius 3 is 2.31 bits per heavy atom. The van der Waals surface area contributed by atoms with Crippen molar-refractivity contribution in [1.29, 1.82) is 0 Å². The summed E-state index contributed by atoms with van der Waals surface area (Å²) < 4.78 is 6.94. The highest BCUT2D eigenvalue weighted by atomic mass is 79.9. The average Bonchev–Trinajstić information content (AvgIpc) is 3.17. The first-order valence-corrected chi connectivity index (χ1v) is 9.84. The third-order valence-electron chi connectivity index (χ3n) is 4.53. The Balaban J connectivity index is 1.62. The third-order valence-corrected chi connectivity index (χ3v) is 5.05. The number of rotatable bonds is 6. The van der Waals surface area contributed by atoms with Crippen LogP contribution in [0.5, 0.6) is 5.75 Å². The molecule has 1 aliphatic carbocycles. The number of benzene rings is 2. The molecule has 0 spiro atoms. The van der Waals surface area contributed by atoms with Crippen molar-refractivity contribution < 1.29 is 9.53 Å². The summed E-state index contributed by atoms with van der Waals surface area (Å²) in [6.45, 7) is 2.02. The molecule has 1 aliphatic rings. The maximum Gasteiger partial charge on any atom is 0.271 e. The molecule has 0 unspecified atom stereocenters. The van der Waals surface area contributed by atoms with E-state index < -0.39 is 0 Å². The molecular formula is C21H23BrN2O2. The average molecular weight is 415 g/mol. The van der Waals surface area contributed by atoms with Crippen LogP contribution in [0.3, 0.4) is 0 Å². The Labute approximate surface area is 162 Å². The van der Waals surface area contributed by atoms with E-state index in [0.717, 1.165) is 40.8 Å². The molecule has 1 saturated carbocycles. The van der Waals surface area contributed by atoms with Crippen LogP contribution in [-0.4, -0.2) is 17.7 Å². The smallest absolute Gasteiger partial charge is 0.271 e. The Kier molecular flexibility index (Phi) is 6.45. The number of halogens is 1. The second-order valence-electron chi connectivity index (χ2n) is 6.41. The number of ether oxygens (including phenoxy) is 1. The first-order chi connectivity index (χ1) is 12.7. The molecule has 0 aliphatic heterocycles. The summed E-state index contributed by atoms with van der Waals surface area (Å²) in [6.07, 6.45) is 5.76. The lowest BCUT2D eigenvalue weighted by Crippen LogP contribution is -2.20. The molecule has 26 heavy (non-hydrogen) atoms. The molecule has 0 atom stereocenters. The lowest BCUT2D eigenvalue weighted by molar-refractivity contribution is 0.0954. The van der Waals surface area contributed by atoms with Crippen LogP contribution in [-0.2, 0) is 0 Å². The molecule has 4 nitrogen and oxygen atoms in total. The van der Waals surface area contributed by atoms with E-state index in [0.29, 0.717) is 11.7 Å². The zero-order chi connectivity index (χ0) is 18.4. The van der Waals surface area contributed by atoms with Crippen molar-refractivity contribution in [3.8, 4) is 5.75 Å². The molecule has 0 radical (unpaired) electrons. The largest absolute Gasteiger partial charge is 0.490 e. The summed E-state index contributed by atoms with van der Waals surface area (Å²) in [6, 6.07) is 15.2. The molecule has 2 aromatic rings. The van der Waals surface area contributed by atoms with E-state index in [2.05, 4.69) is 26.5 Å². The van der Waals surface area contributed by atoms with Gasteiger partial charge in [0.25, 0.3) is 5.91 Å². The fourth-order valence-electron chi connectivity index (χ4n) is 3.06. The molecule has 1 N–H and O–H groups in total. The summed E-state index contributed by atoms with van der Waals surface area (Å²) in [7, 11) is 0. The standard InChI is InChI=1S/C21H23BrN2O2/c1-2-20(15-7-11-17(22)12-8-15)23-24-21(25)16-9-13-19(14-10-16)26-18-5-3-4-6-18/h7-14,18H,2-6H2,1H3,(H,24,25). The van der Waals surface area contributed by atoms with E-state index in [9.17, 15) is 4.79 Å². The quantitative estimate of drug-likeness (QED) is 0.513. The van der Waals surface area contributed by atoms with Gasteiger partial charge in [0.05, 0.1) is 11.8 Å². The van der Waals surface area contributed by atoms with Gasteiger partial charge < -0.3 is 4.74 Å². The first-order valence-electron chi connectivity index (χ1n) is 9.05. The number of carbonyl (C=O) groups excluding carboxylic acids is 1. The van der Waals surface area contributed by atoms with Gasteiger partial charge in [0.1, 0.15) is 5.75 Å². The minimum Gasteiger partial charge on any atom is -0.490 e. The molecule has 0 aromatic heterocycles. The lowest BCUT2D eigenvalue weighted by atomic mass is 10.1. The topological polar surface area (TPSA) is 50.7 Å². The fraction of sp³-hybridized carbons (Fsp3) is 0.333. The van der Waals surface area contributed by atoms with Gasteiger partial charge in [-0.1, -0.05) is 35.0 Å². The highest BCUT2D eigenvalue weighted by Crippen LogP contribution is 2.24. The minimum absolute atomic E-state index is 0.222. The molecule has 2 aromatic carbocycles. The number of nitrogens with one attached hydrogen (secondary N) is 1. The van der Waals surface area contributed by atoms with Crippen LogP contribution >= 0.6 is 15.9 Å². The highest BCUT2D eigenvalue weighted by Gasteiger charge is 2.16. The lowest BCUT2D eigenvalue weighted by Gasteiger charge is -2.13. The summed E-state index contributed by atoms with van der Waals surface area (Å²) >= 11 is 3.42. The van der Waals surface area contributed by atoms with E-state index in [4.69, 9.17) is 4.74 Å². The molecule has 0 bridgehead atoms. The SMILES string of the molecule is CCC(=NNC(=O)c1ccc(OC2CCCC2)cc1)c1ccc(Br)cc1. The molecule has 0 saturated heterocycles. The monoisotopic (exact) mass is 414 g/mol. The molecule has 3 rings (SSSR count). The van der Waals surface area contributed by atoms with Gasteiger partial charge in [-0.15, -0.1) is 0 Å². The van der Waals surface area contributed by atoms with Gasteiger partial charge in [-0.2, -0.15) is 5.10 Å². The summed E-state index contributed by atoms with van der Waals surface area (Å²) in [5.41, 5.74) is 5.06. The maximum atomic E-state index is 12.3. The second kappa shape index (κ2) is 8.99. The first kappa shape index (κ1) is 18.6. The number of amides is 1. The summed E-state index contributed by atoms with van der Waals surface area (Å²) in [5.74, 6) is 0.599. The number of hydrogen-bond acceptors (Lipinski definition) is 3. The third kappa shape index (κ3) is 4.94. The van der Waals surface area contributed by atoms with Gasteiger partial charge >= 0.3 is 0 Å². The van der Waals surface area contributed by atoms with Crippen molar-refractivity contribution in [3.05, 3.63) is 64.1 Å². The van der Waals surface area contributed by atoms with Crippen LogP contribution in [0.4, 0.5) is 0 Å². The van der Waals surface area contributed by atoms with Gasteiger partial charge in [0.15, 0.2) is 0 Å². The minimum atomic E-state index is -0.222. The fourth-order valence-corrected chi connectivity index (χ4v) is 3.32. The normalized spacial score (nSPS) is 15.1. The molecule has 0 heterocycles. The van der Waals surface area contributed by atoms with E-state index in [-0.39, 0.29) is 5.91 Å². The van der Waals surface area contributed by atoms with Crippen LogP contribution in [0.1, 0.15) is 54.9 Å². The molecule has 1 fully saturated rings. The summed E-state index contributed by atoms with van der Waals surface area (Å²) in [4.78, 5) is 12.3. The van der Waals surface area contributed by atoms with Crippen molar-refractivity contribution in [2.24, 2.45) is 5.10 Å². The van der Waals surface area contributed by atoms with Crippen molar-refractivity contribution >= 4 is 27.5 Å². The van der Waals surface area contributed by atoms with Gasteiger partial charge in [0.2, 0.25) is 0 Å². The van der Waals surface area contributed by atoms with E-state index in [1.807, 2.05) is 43.3 Å². The van der Waals surface area contributed by atoms with Crippen LogP contribution in [0, 0.1) is 0 Å². The van der Waals surface area contributed by atoms with Gasteiger partial charge in [0, 0.05) is 10.0 Å². The molecule has 1 amide bonds. The summed E-state index contributed by atoms with van der Waals surface area (Å²) in [5, 5.41) is 4.29. The van der Waals surface area contributed by atoms with Crippen LogP contribution in [0.25, 0.3) is 0 Å². The van der Waals surface area contributed by atoms with Gasteiger partial charge in [-0.3, -0.25) is 4.79 Å². The van der Waals surface area contributed by atoms with Gasteiger partial charge in [-0.25, -0.2) is 5.43 Å². The number of nitrogens with zero attached hydrogens (tertiary/aromatic N) is 1. The predicted molar refractivity (Wildman–Crippen MR) is 108 cm³/mol. The van der Waals surface area contributed by atoms with E-state index in [1.54, 1.807) is 12.1 Å². The Bertz CT molecular complexity index is 764. The zero-order valence-electron chi connectivity index (χ0n) is 14.9. The van der Waals surface area contributed by atoms with Crippen molar-refractivity contribution in [2.45, 2.75) is 45.1 Å². The Morgan fingerprint density at radius 2 is 1.69 bits per heavy atom. The molecule has 5 heteroatoms. The van der Waals surface area contributed by atoms with Crippen LogP contribution < -0.4 is 10.2 Å². The van der Waals surface area contributed by atoms with Crippen LogP contribution in [0.2, 0.25) is 0 Å². The second-order valence-corrected chi connectivity index (χ2v) is 7.32. The Morgan fingerprint density at radius 1 is 1.08 bits per heavy atom. The predicted octanol–water partition coefficient (Wildman–Crippen LogP) is 5.31. The molecule has 136 valence electrons. The van der Waals surface area contributed by atoms with Crippen molar-refractivity contribution in [2.75, 3.05) is 0 Å². The zero-order valence-corrected chi connectivity index (χ0v) is 16.5.